The number of anilines is 1. The van der Waals surface area contributed by atoms with Gasteiger partial charge in [0.2, 0.25) is 5.88 Å². The second-order valence-corrected chi connectivity index (χ2v) is 4.01. The molecular weight excluding hydrogens is 274 g/mol. The van der Waals surface area contributed by atoms with Gasteiger partial charge in [-0.2, -0.15) is 5.26 Å². The van der Waals surface area contributed by atoms with Crippen LogP contribution in [0, 0.1) is 18.3 Å². The summed E-state index contributed by atoms with van der Waals surface area (Å²) >= 11 is 0. The molecule has 0 unspecified atom stereocenters. The van der Waals surface area contributed by atoms with E-state index in [0.717, 1.165) is 0 Å². The van der Waals surface area contributed by atoms with Crippen LogP contribution in [0.25, 0.3) is 0 Å². The summed E-state index contributed by atoms with van der Waals surface area (Å²) in [5, 5.41) is 11.6. The third-order valence-corrected chi connectivity index (χ3v) is 2.71. The monoisotopic (exact) mass is 285 g/mol. The highest BCUT2D eigenvalue weighted by Crippen LogP contribution is 2.27. The number of furan rings is 1. The van der Waals surface area contributed by atoms with Crippen molar-refractivity contribution in [3.05, 3.63) is 47.0 Å². The molecule has 0 saturated heterocycles. The fourth-order valence-electron chi connectivity index (χ4n) is 1.75. The third kappa shape index (κ3) is 2.74. The number of nitrogens with zero attached hydrogens (tertiary/aromatic N) is 2. The molecule has 1 N–H and O–H groups in total. The lowest BCUT2D eigenvalue weighted by atomic mass is 10.1. The van der Waals surface area contributed by atoms with Gasteiger partial charge < -0.3 is 9.15 Å². The van der Waals surface area contributed by atoms with E-state index < -0.39 is 11.9 Å². The smallest absolute Gasteiger partial charge is 0.342 e. The number of ether oxygens (including phenoxy) is 1. The Balaban J connectivity index is 2.36. The van der Waals surface area contributed by atoms with Gasteiger partial charge in [-0.25, -0.2) is 4.79 Å². The van der Waals surface area contributed by atoms with E-state index in [2.05, 4.69) is 15.0 Å². The lowest BCUT2D eigenvalue weighted by Gasteiger charge is -2.01. The highest BCUT2D eigenvalue weighted by molar-refractivity contribution is 6.04. The molecule has 2 rings (SSSR count). The average molecular weight is 285 g/mol. The predicted molar refractivity (Wildman–Crippen MR) is 71.7 cm³/mol. The van der Waals surface area contributed by atoms with Crippen LogP contribution >= 0.6 is 0 Å². The molecule has 21 heavy (non-hydrogen) atoms. The van der Waals surface area contributed by atoms with Gasteiger partial charge in [0.15, 0.2) is 0 Å². The van der Waals surface area contributed by atoms with Crippen LogP contribution in [-0.2, 0) is 4.74 Å². The number of amides is 1. The van der Waals surface area contributed by atoms with E-state index in [0.29, 0.717) is 0 Å². The van der Waals surface area contributed by atoms with E-state index >= 15 is 0 Å². The first-order valence-corrected chi connectivity index (χ1v) is 5.92. The van der Waals surface area contributed by atoms with Crippen LogP contribution in [0.15, 0.2) is 28.8 Å². The van der Waals surface area contributed by atoms with Crippen LogP contribution in [0.1, 0.15) is 32.2 Å². The van der Waals surface area contributed by atoms with E-state index in [1.807, 2.05) is 6.07 Å². The van der Waals surface area contributed by atoms with Crippen LogP contribution in [0.3, 0.4) is 0 Å². The number of aryl methyl sites for hydroxylation is 1. The Labute approximate surface area is 120 Å². The van der Waals surface area contributed by atoms with Crippen molar-refractivity contribution in [3.8, 4) is 6.07 Å². The summed E-state index contributed by atoms with van der Waals surface area (Å²) in [5.41, 5.74) is 0.0787. The molecule has 0 bridgehead atoms. The van der Waals surface area contributed by atoms with Crippen molar-refractivity contribution in [3.63, 3.8) is 0 Å². The van der Waals surface area contributed by atoms with Crippen LogP contribution in [0.5, 0.6) is 0 Å². The maximum absolute atomic E-state index is 12.0. The Morgan fingerprint density at radius 3 is 2.76 bits per heavy atom. The zero-order valence-electron chi connectivity index (χ0n) is 11.3. The molecule has 0 saturated carbocycles. The highest BCUT2D eigenvalue weighted by atomic mass is 16.5. The molecule has 0 radical (unpaired) electrons. The van der Waals surface area contributed by atoms with Gasteiger partial charge in [-0.1, -0.05) is 6.07 Å². The van der Waals surface area contributed by atoms with Crippen molar-refractivity contribution in [2.45, 2.75) is 6.92 Å². The Morgan fingerprint density at radius 1 is 1.43 bits per heavy atom. The molecule has 2 aromatic rings. The van der Waals surface area contributed by atoms with Gasteiger partial charge in [-0.05, 0) is 19.1 Å². The molecule has 0 atom stereocenters. The van der Waals surface area contributed by atoms with Crippen LogP contribution in [0.2, 0.25) is 0 Å². The summed E-state index contributed by atoms with van der Waals surface area (Å²) in [7, 11) is 1.20. The number of hydrogen-bond donors (Lipinski definition) is 1. The number of methoxy groups -OCH3 is 1. The molecule has 0 aliphatic carbocycles. The molecule has 7 nitrogen and oxygen atoms in total. The Kier molecular flexibility index (Phi) is 4.00. The van der Waals surface area contributed by atoms with Gasteiger partial charge in [0.1, 0.15) is 28.7 Å². The first-order chi connectivity index (χ1) is 10.1. The highest BCUT2D eigenvalue weighted by Gasteiger charge is 2.25. The number of hydrogen-bond acceptors (Lipinski definition) is 6. The predicted octanol–water partition coefficient (Wildman–Crippen LogP) is 1.89. The Bertz CT molecular complexity index is 729. The minimum Gasteiger partial charge on any atom is -0.465 e. The summed E-state index contributed by atoms with van der Waals surface area (Å²) in [6, 6.07) is 6.66. The summed E-state index contributed by atoms with van der Waals surface area (Å²) in [6.45, 7) is 1.50. The van der Waals surface area contributed by atoms with Gasteiger partial charge in [0.25, 0.3) is 5.91 Å². The lowest BCUT2D eigenvalue weighted by Crippen LogP contribution is -2.14. The fraction of sp³-hybridized carbons (Fsp3) is 0.143. The number of aromatic nitrogens is 1. The average Bonchev–Trinajstić information content (AvgIpc) is 2.82. The Morgan fingerprint density at radius 2 is 2.19 bits per heavy atom. The quantitative estimate of drug-likeness (QED) is 0.863. The number of nitriles is 1. The van der Waals surface area contributed by atoms with Gasteiger partial charge in [-0.3, -0.25) is 15.1 Å². The zero-order chi connectivity index (χ0) is 15.4. The van der Waals surface area contributed by atoms with E-state index in [9.17, 15) is 9.59 Å². The van der Waals surface area contributed by atoms with E-state index in [-0.39, 0.29) is 28.5 Å². The van der Waals surface area contributed by atoms with E-state index in [4.69, 9.17) is 9.68 Å². The largest absolute Gasteiger partial charge is 0.465 e. The molecule has 0 spiro atoms. The van der Waals surface area contributed by atoms with Crippen LogP contribution in [0.4, 0.5) is 5.88 Å². The summed E-state index contributed by atoms with van der Waals surface area (Å²) in [5.74, 6) is -1.16. The first-order valence-electron chi connectivity index (χ1n) is 5.92. The number of esters is 1. The number of nitrogens with one attached hydrogen (secondary N) is 1. The van der Waals surface area contributed by atoms with Crippen LogP contribution < -0.4 is 5.32 Å². The van der Waals surface area contributed by atoms with Crippen LogP contribution in [-0.4, -0.2) is 24.0 Å². The number of carbonyl (C=O) groups is 2. The molecule has 2 aromatic heterocycles. The van der Waals surface area contributed by atoms with Gasteiger partial charge in [0, 0.05) is 6.20 Å². The maximum Gasteiger partial charge on any atom is 0.342 e. The first kappa shape index (κ1) is 14.3. The molecule has 1 amide bonds. The lowest BCUT2D eigenvalue weighted by molar-refractivity contribution is 0.0598. The van der Waals surface area contributed by atoms with Gasteiger partial charge >= 0.3 is 5.97 Å². The van der Waals surface area contributed by atoms with Crippen molar-refractivity contribution < 1.29 is 18.7 Å². The summed E-state index contributed by atoms with van der Waals surface area (Å²) in [4.78, 5) is 27.5. The number of pyridine rings is 1. The van der Waals surface area contributed by atoms with Gasteiger partial charge in [0.05, 0.1) is 7.11 Å². The number of carbonyl (C=O) groups excluding carboxylic acids is 2. The maximum atomic E-state index is 12.0. The van der Waals surface area contributed by atoms with E-state index in [1.54, 1.807) is 12.1 Å². The normalized spacial score (nSPS) is 9.76. The minimum atomic E-state index is -0.703. The second-order valence-electron chi connectivity index (χ2n) is 4.01. The van der Waals surface area contributed by atoms with Gasteiger partial charge in [-0.15, -0.1) is 0 Å². The molecule has 0 aliphatic heterocycles. The third-order valence-electron chi connectivity index (χ3n) is 2.71. The van der Waals surface area contributed by atoms with E-state index in [1.165, 1.54) is 26.3 Å². The summed E-state index contributed by atoms with van der Waals surface area (Å²) in [6.07, 6.45) is 1.47. The summed E-state index contributed by atoms with van der Waals surface area (Å²) < 4.78 is 9.86. The number of rotatable bonds is 3. The second kappa shape index (κ2) is 5.88. The molecular formula is C14H11N3O4. The topological polar surface area (TPSA) is 105 Å². The molecule has 0 fully saturated rings. The van der Waals surface area contributed by atoms with Crippen molar-refractivity contribution >= 4 is 17.8 Å². The standard InChI is InChI=1S/C14H11N3O4/c1-8-11(14(19)20-2)9(7-15)13(21-8)17-12(18)10-5-3-4-6-16-10/h3-6H,1-2H3,(H,17,18). The molecule has 0 aliphatic rings. The Hall–Kier alpha value is -3.14. The molecule has 7 heteroatoms. The molecule has 0 aromatic carbocycles. The van der Waals surface area contributed by atoms with Crippen molar-refractivity contribution in [2.75, 3.05) is 12.4 Å². The van der Waals surface area contributed by atoms with Crippen molar-refractivity contribution in [1.29, 1.82) is 5.26 Å². The van der Waals surface area contributed by atoms with Crippen molar-refractivity contribution in [1.82, 2.24) is 4.98 Å². The van der Waals surface area contributed by atoms with Crippen molar-refractivity contribution in [2.24, 2.45) is 0 Å². The minimum absolute atomic E-state index is 0.00341. The zero-order valence-corrected chi connectivity index (χ0v) is 11.3. The molecule has 2 heterocycles. The fourth-order valence-corrected chi connectivity index (χ4v) is 1.75. The molecule has 106 valence electrons. The SMILES string of the molecule is COC(=O)c1c(C)oc(NC(=O)c2ccccn2)c1C#N.